The highest BCUT2D eigenvalue weighted by Gasteiger charge is 2.12. The molecule has 0 N–H and O–H groups in total. The molecule has 0 aliphatic heterocycles. The van der Waals surface area contributed by atoms with Crippen LogP contribution in [0.25, 0.3) is 34.2 Å². The van der Waals surface area contributed by atoms with Gasteiger partial charge >= 0.3 is 0 Å². The van der Waals surface area contributed by atoms with Crippen LogP contribution in [0.1, 0.15) is 12.8 Å². The van der Waals surface area contributed by atoms with Gasteiger partial charge in [0.1, 0.15) is 18.1 Å². The van der Waals surface area contributed by atoms with E-state index in [1.165, 1.54) is 0 Å². The Kier molecular flexibility index (Phi) is 6.89. The SMILES string of the molecule is Cn1cc[n+](CCCCOc2ccc(-c3nc(-c4ccccc4)nc(-c4ccccc4)n3)cc2)c1. The molecular weight excluding hydrogens is 434 g/mol. The predicted octanol–water partition coefficient (Wildman–Crippen LogP) is 5.36. The lowest BCUT2D eigenvalue weighted by Gasteiger charge is -2.09. The van der Waals surface area contributed by atoms with Crippen LogP contribution in [-0.4, -0.2) is 26.1 Å². The second-order valence-corrected chi connectivity index (χ2v) is 8.44. The summed E-state index contributed by atoms with van der Waals surface area (Å²) in [5.41, 5.74) is 2.85. The molecule has 2 heterocycles. The topological polar surface area (TPSA) is 56.7 Å². The molecule has 6 nitrogen and oxygen atoms in total. The molecule has 0 aliphatic carbocycles. The van der Waals surface area contributed by atoms with Crippen molar-refractivity contribution in [1.29, 1.82) is 0 Å². The Morgan fingerprint density at radius 1 is 0.686 bits per heavy atom. The molecule has 5 rings (SSSR count). The van der Waals surface area contributed by atoms with E-state index < -0.39 is 0 Å². The van der Waals surface area contributed by atoms with Gasteiger partial charge < -0.3 is 4.74 Å². The quantitative estimate of drug-likeness (QED) is 0.219. The Balaban J connectivity index is 1.29. The van der Waals surface area contributed by atoms with E-state index in [2.05, 4.69) is 27.9 Å². The smallest absolute Gasteiger partial charge is 0.243 e. The standard InChI is InChI=1S/C29H28N5O/c1-33-19-20-34(22-33)18-8-9-21-35-26-16-14-25(15-17-26)29-31-27(23-10-4-2-5-11-23)30-28(32-29)24-12-6-3-7-13-24/h2-7,10-17,19-20,22H,8-9,18,21H2,1H3/q+1. The highest BCUT2D eigenvalue weighted by Crippen LogP contribution is 2.25. The minimum absolute atomic E-state index is 0.643. The molecule has 5 aromatic rings. The van der Waals surface area contributed by atoms with E-state index in [1.807, 2.05) is 92.0 Å². The Morgan fingerprint density at radius 2 is 1.23 bits per heavy atom. The Labute approximate surface area is 205 Å². The van der Waals surface area contributed by atoms with Gasteiger partial charge in [-0.15, -0.1) is 0 Å². The van der Waals surface area contributed by atoms with E-state index in [-0.39, 0.29) is 0 Å². The lowest BCUT2D eigenvalue weighted by atomic mass is 10.1. The maximum atomic E-state index is 5.96. The Hall–Kier alpha value is -4.32. The molecule has 0 unspecified atom stereocenters. The minimum atomic E-state index is 0.643. The molecule has 0 atom stereocenters. The number of imidazole rings is 1. The number of nitrogens with zero attached hydrogens (tertiary/aromatic N) is 5. The summed E-state index contributed by atoms with van der Waals surface area (Å²) in [6, 6.07) is 28.0. The Morgan fingerprint density at radius 3 is 1.74 bits per heavy atom. The summed E-state index contributed by atoms with van der Waals surface area (Å²) < 4.78 is 10.2. The lowest BCUT2D eigenvalue weighted by Crippen LogP contribution is -2.30. The van der Waals surface area contributed by atoms with E-state index >= 15 is 0 Å². The van der Waals surface area contributed by atoms with Gasteiger partial charge in [0.25, 0.3) is 0 Å². The number of benzene rings is 3. The van der Waals surface area contributed by atoms with Crippen LogP contribution < -0.4 is 9.30 Å². The predicted molar refractivity (Wildman–Crippen MR) is 136 cm³/mol. The molecule has 2 aromatic heterocycles. The number of aromatic nitrogens is 5. The van der Waals surface area contributed by atoms with Crippen molar-refractivity contribution in [1.82, 2.24) is 19.5 Å². The maximum absolute atomic E-state index is 5.96. The van der Waals surface area contributed by atoms with Crippen LogP contribution in [0.15, 0.2) is 104 Å². The first-order chi connectivity index (χ1) is 17.2. The number of unbranched alkanes of at least 4 members (excludes halogenated alkanes) is 1. The molecule has 35 heavy (non-hydrogen) atoms. The number of hydrogen-bond acceptors (Lipinski definition) is 4. The van der Waals surface area contributed by atoms with Crippen LogP contribution in [0.2, 0.25) is 0 Å². The highest BCUT2D eigenvalue weighted by atomic mass is 16.5. The molecule has 0 amide bonds. The first-order valence-electron chi connectivity index (χ1n) is 11.9. The van der Waals surface area contributed by atoms with Crippen LogP contribution in [0.4, 0.5) is 0 Å². The first kappa shape index (κ1) is 22.5. The molecule has 0 saturated carbocycles. The second-order valence-electron chi connectivity index (χ2n) is 8.44. The van der Waals surface area contributed by atoms with Gasteiger partial charge in [0, 0.05) is 16.7 Å². The fourth-order valence-corrected chi connectivity index (χ4v) is 3.86. The summed E-state index contributed by atoms with van der Waals surface area (Å²) in [4.78, 5) is 14.3. The monoisotopic (exact) mass is 462 g/mol. The molecule has 0 spiro atoms. The molecule has 0 fully saturated rings. The van der Waals surface area contributed by atoms with Crippen molar-refractivity contribution in [3.63, 3.8) is 0 Å². The van der Waals surface area contributed by atoms with Crippen LogP contribution in [0.3, 0.4) is 0 Å². The third kappa shape index (κ3) is 5.79. The summed E-state index contributed by atoms with van der Waals surface area (Å²) in [7, 11) is 2.03. The summed E-state index contributed by atoms with van der Waals surface area (Å²) in [5, 5.41) is 0. The third-order valence-corrected chi connectivity index (χ3v) is 5.72. The summed E-state index contributed by atoms with van der Waals surface area (Å²) in [5.74, 6) is 2.81. The highest BCUT2D eigenvalue weighted by molar-refractivity contribution is 5.66. The number of ether oxygens (including phenoxy) is 1. The lowest BCUT2D eigenvalue weighted by molar-refractivity contribution is -0.696. The average Bonchev–Trinajstić information content (AvgIpc) is 3.34. The maximum Gasteiger partial charge on any atom is 0.243 e. The third-order valence-electron chi connectivity index (χ3n) is 5.72. The van der Waals surface area contributed by atoms with Gasteiger partial charge in [-0.3, -0.25) is 0 Å². The van der Waals surface area contributed by atoms with E-state index in [9.17, 15) is 0 Å². The summed E-state index contributed by atoms with van der Waals surface area (Å²) >= 11 is 0. The van der Waals surface area contributed by atoms with Crippen molar-refractivity contribution in [3.8, 4) is 39.9 Å². The fourth-order valence-electron chi connectivity index (χ4n) is 3.86. The van der Waals surface area contributed by atoms with Crippen molar-refractivity contribution in [3.05, 3.63) is 104 Å². The molecular formula is C29H28N5O+. The van der Waals surface area contributed by atoms with Crippen LogP contribution in [0, 0.1) is 0 Å². The van der Waals surface area contributed by atoms with E-state index in [1.54, 1.807) is 0 Å². The zero-order chi connectivity index (χ0) is 23.9. The number of rotatable bonds is 9. The minimum Gasteiger partial charge on any atom is -0.494 e. The van der Waals surface area contributed by atoms with Gasteiger partial charge in [0.05, 0.1) is 20.2 Å². The van der Waals surface area contributed by atoms with E-state index in [4.69, 9.17) is 19.7 Å². The van der Waals surface area contributed by atoms with Gasteiger partial charge in [0.15, 0.2) is 17.5 Å². The van der Waals surface area contributed by atoms with Crippen molar-refractivity contribution in [2.45, 2.75) is 19.4 Å². The molecule has 174 valence electrons. The van der Waals surface area contributed by atoms with Gasteiger partial charge in [-0.1, -0.05) is 60.7 Å². The van der Waals surface area contributed by atoms with E-state index in [0.29, 0.717) is 24.1 Å². The van der Waals surface area contributed by atoms with Crippen molar-refractivity contribution < 1.29 is 9.30 Å². The van der Waals surface area contributed by atoms with E-state index in [0.717, 1.165) is 41.8 Å². The van der Waals surface area contributed by atoms with Gasteiger partial charge in [0.2, 0.25) is 6.33 Å². The normalized spacial score (nSPS) is 10.9. The summed E-state index contributed by atoms with van der Waals surface area (Å²) in [6.45, 7) is 1.69. The zero-order valence-electron chi connectivity index (χ0n) is 19.8. The fraction of sp³-hybridized carbons (Fsp3) is 0.172. The van der Waals surface area contributed by atoms with Gasteiger partial charge in [-0.2, -0.15) is 0 Å². The molecule has 0 radical (unpaired) electrons. The number of hydrogen-bond donors (Lipinski definition) is 0. The van der Waals surface area contributed by atoms with Crippen LogP contribution in [-0.2, 0) is 13.6 Å². The largest absolute Gasteiger partial charge is 0.494 e. The molecule has 0 saturated heterocycles. The molecule has 0 aliphatic rings. The molecule has 6 heteroatoms. The average molecular weight is 463 g/mol. The van der Waals surface area contributed by atoms with Crippen LogP contribution in [0.5, 0.6) is 5.75 Å². The summed E-state index contributed by atoms with van der Waals surface area (Å²) in [6.07, 6.45) is 8.30. The van der Waals surface area contributed by atoms with Gasteiger partial charge in [-0.05, 0) is 37.1 Å². The number of aryl methyl sites for hydroxylation is 2. The molecule has 0 bridgehead atoms. The Bertz CT molecular complexity index is 1310. The van der Waals surface area contributed by atoms with Crippen molar-refractivity contribution >= 4 is 0 Å². The van der Waals surface area contributed by atoms with Crippen molar-refractivity contribution in [2.24, 2.45) is 7.05 Å². The van der Waals surface area contributed by atoms with Crippen molar-refractivity contribution in [2.75, 3.05) is 6.61 Å². The second kappa shape index (κ2) is 10.7. The van der Waals surface area contributed by atoms with Crippen LogP contribution >= 0.6 is 0 Å². The zero-order valence-corrected chi connectivity index (χ0v) is 19.8. The first-order valence-corrected chi connectivity index (χ1v) is 11.9. The van der Waals surface area contributed by atoms with Gasteiger partial charge in [-0.25, -0.2) is 24.1 Å². The molecule has 3 aromatic carbocycles.